The number of rotatable bonds is 5. The van der Waals surface area contributed by atoms with Crippen LogP contribution < -0.4 is 0 Å². The SMILES string of the molecule is C/C=C/CN1CCC[C@@]2(CCC(=O)N(CCc3ccccc3)C2)C1. The molecule has 1 spiro atoms. The average molecular weight is 326 g/mol. The third kappa shape index (κ3) is 4.27. The Kier molecular flexibility index (Phi) is 5.72. The normalized spacial score (nSPS) is 25.7. The second kappa shape index (κ2) is 7.98. The van der Waals surface area contributed by atoms with Gasteiger partial charge in [0.2, 0.25) is 5.91 Å². The minimum Gasteiger partial charge on any atom is -0.342 e. The maximum atomic E-state index is 12.4. The highest BCUT2D eigenvalue weighted by Crippen LogP contribution is 2.38. The molecule has 1 amide bonds. The van der Waals surface area contributed by atoms with E-state index < -0.39 is 0 Å². The van der Waals surface area contributed by atoms with Crippen LogP contribution in [0.1, 0.15) is 38.2 Å². The number of piperidine rings is 2. The Hall–Kier alpha value is -1.61. The topological polar surface area (TPSA) is 23.6 Å². The van der Waals surface area contributed by atoms with Gasteiger partial charge in [0.05, 0.1) is 0 Å². The van der Waals surface area contributed by atoms with Crippen LogP contribution in [0.3, 0.4) is 0 Å². The fourth-order valence-electron chi connectivity index (χ4n) is 4.27. The monoisotopic (exact) mass is 326 g/mol. The van der Waals surface area contributed by atoms with Crippen LogP contribution in [0.4, 0.5) is 0 Å². The summed E-state index contributed by atoms with van der Waals surface area (Å²) < 4.78 is 0. The lowest BCUT2D eigenvalue weighted by molar-refractivity contribution is -0.139. The Morgan fingerprint density at radius 2 is 2.00 bits per heavy atom. The van der Waals surface area contributed by atoms with E-state index in [1.54, 1.807) is 0 Å². The molecule has 2 saturated heterocycles. The molecule has 3 heteroatoms. The lowest BCUT2D eigenvalue weighted by atomic mass is 9.73. The molecule has 24 heavy (non-hydrogen) atoms. The van der Waals surface area contributed by atoms with Crippen LogP contribution in [0.2, 0.25) is 0 Å². The number of nitrogens with zero attached hydrogens (tertiary/aromatic N) is 2. The predicted molar refractivity (Wildman–Crippen MR) is 98.9 cm³/mol. The number of carbonyl (C=O) groups excluding carboxylic acids is 1. The van der Waals surface area contributed by atoms with Crippen LogP contribution >= 0.6 is 0 Å². The molecule has 0 saturated carbocycles. The summed E-state index contributed by atoms with van der Waals surface area (Å²) in [5, 5.41) is 0. The van der Waals surface area contributed by atoms with E-state index in [2.05, 4.69) is 53.1 Å². The summed E-state index contributed by atoms with van der Waals surface area (Å²) >= 11 is 0. The van der Waals surface area contributed by atoms with Gasteiger partial charge >= 0.3 is 0 Å². The van der Waals surface area contributed by atoms with Gasteiger partial charge < -0.3 is 4.90 Å². The molecule has 3 rings (SSSR count). The molecule has 3 nitrogen and oxygen atoms in total. The van der Waals surface area contributed by atoms with Gasteiger partial charge in [0.25, 0.3) is 0 Å². The first-order valence-corrected chi connectivity index (χ1v) is 9.36. The van der Waals surface area contributed by atoms with Crippen LogP contribution in [0.5, 0.6) is 0 Å². The molecule has 1 atom stereocenters. The van der Waals surface area contributed by atoms with Crippen LogP contribution in [0, 0.1) is 5.41 Å². The summed E-state index contributed by atoms with van der Waals surface area (Å²) in [7, 11) is 0. The number of likely N-dealkylation sites (tertiary alicyclic amines) is 2. The van der Waals surface area contributed by atoms with Crippen molar-refractivity contribution in [2.45, 2.75) is 39.0 Å². The Balaban J connectivity index is 1.60. The lowest BCUT2D eigenvalue weighted by Crippen LogP contribution is -2.54. The molecular weight excluding hydrogens is 296 g/mol. The smallest absolute Gasteiger partial charge is 0.222 e. The first-order chi connectivity index (χ1) is 11.7. The zero-order valence-electron chi connectivity index (χ0n) is 14.9. The van der Waals surface area contributed by atoms with Crippen LogP contribution in [0.25, 0.3) is 0 Å². The fraction of sp³-hybridized carbons (Fsp3) is 0.571. The van der Waals surface area contributed by atoms with Gasteiger partial charge in [-0.05, 0) is 44.7 Å². The van der Waals surface area contributed by atoms with Crippen LogP contribution in [-0.2, 0) is 11.2 Å². The van der Waals surface area contributed by atoms with Gasteiger partial charge in [-0.15, -0.1) is 0 Å². The molecule has 0 aliphatic carbocycles. The highest BCUT2D eigenvalue weighted by molar-refractivity contribution is 5.77. The summed E-state index contributed by atoms with van der Waals surface area (Å²) in [6.45, 7) is 7.29. The third-order valence-corrected chi connectivity index (χ3v) is 5.60. The molecule has 130 valence electrons. The average Bonchev–Trinajstić information content (AvgIpc) is 2.62. The molecule has 0 aromatic heterocycles. The van der Waals surface area contributed by atoms with Crippen molar-refractivity contribution in [2.24, 2.45) is 5.41 Å². The Labute approximate surface area is 146 Å². The molecule has 2 fully saturated rings. The number of carbonyl (C=O) groups is 1. The molecule has 0 radical (unpaired) electrons. The van der Waals surface area contributed by atoms with Crippen molar-refractivity contribution in [1.82, 2.24) is 9.80 Å². The predicted octanol–water partition coefficient (Wildman–Crippen LogP) is 3.51. The van der Waals surface area contributed by atoms with Gasteiger partial charge in [0, 0.05) is 38.0 Å². The maximum Gasteiger partial charge on any atom is 0.222 e. The molecule has 0 N–H and O–H groups in total. The minimum absolute atomic E-state index is 0.324. The molecule has 1 aromatic carbocycles. The number of hydrogen-bond acceptors (Lipinski definition) is 2. The van der Waals surface area contributed by atoms with E-state index in [0.717, 1.165) is 45.4 Å². The summed E-state index contributed by atoms with van der Waals surface area (Å²) in [5.41, 5.74) is 1.65. The molecular formula is C21H30N2O. The van der Waals surface area contributed by atoms with Crippen molar-refractivity contribution in [3.05, 3.63) is 48.0 Å². The molecule has 0 bridgehead atoms. The van der Waals surface area contributed by atoms with E-state index in [9.17, 15) is 4.79 Å². The number of amides is 1. The van der Waals surface area contributed by atoms with Gasteiger partial charge in [0.15, 0.2) is 0 Å². The molecule has 1 aromatic rings. The first-order valence-electron chi connectivity index (χ1n) is 9.36. The highest BCUT2D eigenvalue weighted by Gasteiger charge is 2.41. The molecule has 2 heterocycles. The molecule has 2 aliphatic heterocycles. The summed E-state index contributed by atoms with van der Waals surface area (Å²) in [6.07, 6.45) is 9.68. The largest absolute Gasteiger partial charge is 0.342 e. The van der Waals surface area contributed by atoms with Crippen molar-refractivity contribution in [1.29, 1.82) is 0 Å². The quantitative estimate of drug-likeness (QED) is 0.773. The number of benzene rings is 1. The van der Waals surface area contributed by atoms with Crippen molar-refractivity contribution < 1.29 is 4.79 Å². The zero-order valence-corrected chi connectivity index (χ0v) is 14.9. The molecule has 0 unspecified atom stereocenters. The van der Waals surface area contributed by atoms with Gasteiger partial charge in [0.1, 0.15) is 0 Å². The Morgan fingerprint density at radius 3 is 2.79 bits per heavy atom. The van der Waals surface area contributed by atoms with E-state index in [4.69, 9.17) is 0 Å². The van der Waals surface area contributed by atoms with E-state index in [1.165, 1.54) is 24.9 Å². The van der Waals surface area contributed by atoms with Gasteiger partial charge in [-0.25, -0.2) is 0 Å². The van der Waals surface area contributed by atoms with Crippen LogP contribution in [-0.4, -0.2) is 48.4 Å². The second-order valence-electron chi connectivity index (χ2n) is 7.46. The van der Waals surface area contributed by atoms with E-state index in [1.807, 2.05) is 6.07 Å². The van der Waals surface area contributed by atoms with Crippen molar-refractivity contribution >= 4 is 5.91 Å². The fourth-order valence-corrected chi connectivity index (χ4v) is 4.27. The van der Waals surface area contributed by atoms with Gasteiger partial charge in [-0.1, -0.05) is 42.5 Å². The van der Waals surface area contributed by atoms with E-state index in [-0.39, 0.29) is 0 Å². The van der Waals surface area contributed by atoms with E-state index >= 15 is 0 Å². The lowest BCUT2D eigenvalue weighted by Gasteiger charge is -2.48. The van der Waals surface area contributed by atoms with Crippen molar-refractivity contribution in [3.63, 3.8) is 0 Å². The number of allylic oxidation sites excluding steroid dienone is 1. The summed E-state index contributed by atoms with van der Waals surface area (Å²) in [4.78, 5) is 17.1. The first kappa shape index (κ1) is 17.2. The van der Waals surface area contributed by atoms with Gasteiger partial charge in [-0.2, -0.15) is 0 Å². The second-order valence-corrected chi connectivity index (χ2v) is 7.46. The number of hydrogen-bond donors (Lipinski definition) is 0. The summed E-state index contributed by atoms with van der Waals surface area (Å²) in [6, 6.07) is 10.5. The van der Waals surface area contributed by atoms with Crippen LogP contribution in [0.15, 0.2) is 42.5 Å². The van der Waals surface area contributed by atoms with Gasteiger partial charge in [-0.3, -0.25) is 9.69 Å². The van der Waals surface area contributed by atoms with Crippen molar-refractivity contribution in [2.75, 3.05) is 32.7 Å². The minimum atomic E-state index is 0.324. The third-order valence-electron chi connectivity index (χ3n) is 5.60. The maximum absolute atomic E-state index is 12.4. The Morgan fingerprint density at radius 1 is 1.17 bits per heavy atom. The zero-order chi connectivity index (χ0) is 16.8. The molecule has 2 aliphatic rings. The van der Waals surface area contributed by atoms with E-state index in [0.29, 0.717) is 11.3 Å². The van der Waals surface area contributed by atoms with Crippen molar-refractivity contribution in [3.8, 4) is 0 Å². The highest BCUT2D eigenvalue weighted by atomic mass is 16.2. The summed E-state index contributed by atoms with van der Waals surface area (Å²) in [5.74, 6) is 0.349. The Bertz CT molecular complexity index is 568. The standard InChI is InChI=1S/C21H30N2O/c1-2-3-14-22-15-7-12-21(17-22)13-10-20(24)23(18-21)16-11-19-8-5-4-6-9-19/h2-6,8-9H,7,10-18H2,1H3/b3-2+/t21-/m1/s1.